The van der Waals surface area contributed by atoms with Gasteiger partial charge in [-0.15, -0.1) is 0 Å². The zero-order chi connectivity index (χ0) is 55.6. The average molecular weight is 1050 g/mol. The molecule has 0 saturated carbocycles. The third-order valence-electron chi connectivity index (χ3n) is 15.8. The molecule has 1 aromatic heterocycles. The highest BCUT2D eigenvalue weighted by atomic mass is 19.1. The van der Waals surface area contributed by atoms with Gasteiger partial charge in [-0.25, -0.2) is 4.39 Å². The van der Waals surface area contributed by atoms with Gasteiger partial charge < -0.3 is 69.3 Å². The minimum Gasteiger partial charge on any atom is -0.459 e. The van der Waals surface area contributed by atoms with Gasteiger partial charge >= 0.3 is 5.97 Å². The fraction of sp³-hybridized carbons (Fsp3) is 0.745. The molecule has 0 bridgehead atoms. The molecule has 3 aliphatic rings. The molecule has 0 spiro atoms. The highest BCUT2D eigenvalue weighted by Crippen LogP contribution is 2.39. The van der Waals surface area contributed by atoms with E-state index < -0.39 is 114 Å². The molecule has 1 aromatic carbocycles. The van der Waals surface area contributed by atoms with Gasteiger partial charge in [0.25, 0.3) is 0 Å². The quantitative estimate of drug-likeness (QED) is 0.126. The van der Waals surface area contributed by atoms with Crippen LogP contribution in [0.1, 0.15) is 125 Å². The third kappa shape index (κ3) is 15.8. The zero-order valence-corrected chi connectivity index (χ0v) is 46.1. The van der Waals surface area contributed by atoms with Crippen LogP contribution in [0, 0.1) is 30.6 Å². The molecule has 0 unspecified atom stereocenters. The van der Waals surface area contributed by atoms with Crippen molar-refractivity contribution in [1.29, 1.82) is 0 Å². The van der Waals surface area contributed by atoms with Gasteiger partial charge in [-0.2, -0.15) is 0 Å². The number of esters is 1. The van der Waals surface area contributed by atoms with E-state index in [-0.39, 0.29) is 43.1 Å². The Morgan fingerprint density at radius 3 is 2.11 bits per heavy atom. The molecule has 18 nitrogen and oxygen atoms in total. The number of likely N-dealkylation sites (N-methyl/N-ethyl adjacent to an activating group) is 1. The monoisotopic (exact) mass is 1050 g/mol. The van der Waals surface area contributed by atoms with Crippen LogP contribution >= 0.6 is 0 Å². The van der Waals surface area contributed by atoms with Crippen LogP contribution in [-0.4, -0.2) is 177 Å². The molecule has 19 heteroatoms. The maximum atomic E-state index is 13.7. The summed E-state index contributed by atoms with van der Waals surface area (Å²) in [6, 6.07) is 9.49. The van der Waals surface area contributed by atoms with Gasteiger partial charge in [0.15, 0.2) is 12.6 Å². The zero-order valence-electron chi connectivity index (χ0n) is 46.1. The van der Waals surface area contributed by atoms with Gasteiger partial charge in [-0.3, -0.25) is 19.4 Å². The number of benzene rings is 1. The number of methoxy groups -OCH3 is 2. The number of Topliss-reactive ketones (excluding diaryl/α,β-unsaturated/α-hetero) is 1. The number of rotatable bonds is 14. The van der Waals surface area contributed by atoms with Crippen LogP contribution in [-0.2, 0) is 42.8 Å². The second-order valence-corrected chi connectivity index (χ2v) is 21.9. The van der Waals surface area contributed by atoms with E-state index in [9.17, 15) is 49.4 Å². The van der Waals surface area contributed by atoms with E-state index >= 15 is 0 Å². The van der Waals surface area contributed by atoms with Gasteiger partial charge in [0.2, 0.25) is 5.91 Å². The smallest absolute Gasteiger partial charge is 0.311 e. The number of aryl methyl sites for hydroxylation is 1. The van der Waals surface area contributed by atoms with Gasteiger partial charge in [0, 0.05) is 68.9 Å². The molecule has 5 rings (SSSR count). The van der Waals surface area contributed by atoms with Crippen molar-refractivity contribution in [1.82, 2.24) is 15.2 Å². The van der Waals surface area contributed by atoms with Crippen LogP contribution < -0.4 is 5.32 Å². The number of alkyl halides is 1. The Balaban J connectivity index is 0.000000324. The van der Waals surface area contributed by atoms with Crippen LogP contribution in [0.25, 0.3) is 11.1 Å². The second kappa shape index (κ2) is 27.1. The summed E-state index contributed by atoms with van der Waals surface area (Å²) in [5, 5.41) is 66.3. The summed E-state index contributed by atoms with van der Waals surface area (Å²) in [6.45, 7) is 18.7. The van der Waals surface area contributed by atoms with Gasteiger partial charge in [0.1, 0.15) is 42.5 Å². The fourth-order valence-electron chi connectivity index (χ4n) is 10.8. The first-order valence-corrected chi connectivity index (χ1v) is 26.1. The van der Waals surface area contributed by atoms with Crippen molar-refractivity contribution in [3.63, 3.8) is 0 Å². The normalized spacial score (nSPS) is 37.4. The van der Waals surface area contributed by atoms with Gasteiger partial charge in [-0.05, 0) is 104 Å². The number of amides is 1. The Bertz CT molecular complexity index is 2090. The summed E-state index contributed by atoms with van der Waals surface area (Å²) in [4.78, 5) is 45.5. The number of hydrogen-bond donors (Lipinski definition) is 7. The molecule has 420 valence electrons. The molecule has 3 saturated heterocycles. The van der Waals surface area contributed by atoms with Crippen molar-refractivity contribution < 1.29 is 77.8 Å². The Morgan fingerprint density at radius 2 is 1.54 bits per heavy atom. The Hall–Kier alpha value is -3.57. The average Bonchev–Trinajstić information content (AvgIpc) is 3.37. The first kappa shape index (κ1) is 63.0. The highest BCUT2D eigenvalue weighted by molar-refractivity contribution is 5.83. The number of aliphatic hydroxyl groups is 6. The van der Waals surface area contributed by atoms with Crippen molar-refractivity contribution in [2.24, 2.45) is 23.7 Å². The number of ketones is 1. The number of carbonyl (C=O) groups is 3. The largest absolute Gasteiger partial charge is 0.459 e. The number of aromatic nitrogens is 1. The molecular weight excluding hydrogens is 962 g/mol. The number of nitrogens with zero attached hydrogens (tertiary/aromatic N) is 2. The third-order valence-corrected chi connectivity index (χ3v) is 15.8. The lowest BCUT2D eigenvalue weighted by Gasteiger charge is -2.46. The van der Waals surface area contributed by atoms with E-state index in [1.54, 1.807) is 85.9 Å². The van der Waals surface area contributed by atoms with Crippen LogP contribution in [0.4, 0.5) is 4.39 Å². The molecule has 74 heavy (non-hydrogen) atoms. The predicted octanol–water partition coefficient (Wildman–Crippen LogP) is 4.74. The molecule has 19 atom stereocenters. The summed E-state index contributed by atoms with van der Waals surface area (Å²) in [7, 11) is 4.87. The number of carbonyl (C=O) groups excluding carboxylic acids is 3. The van der Waals surface area contributed by atoms with Crippen LogP contribution in [0.2, 0.25) is 0 Å². The lowest BCUT2D eigenvalue weighted by Crippen LogP contribution is -2.58. The molecule has 4 heterocycles. The first-order chi connectivity index (χ1) is 34.6. The number of ether oxygens (including phenoxy) is 6. The highest BCUT2D eigenvalue weighted by Gasteiger charge is 2.50. The van der Waals surface area contributed by atoms with Crippen molar-refractivity contribution in [3.05, 3.63) is 53.9 Å². The summed E-state index contributed by atoms with van der Waals surface area (Å²) in [5.41, 5.74) is -0.261. The molecule has 3 aliphatic heterocycles. The lowest BCUT2D eigenvalue weighted by molar-refractivity contribution is -0.296. The maximum absolute atomic E-state index is 13.7. The number of pyridine rings is 1. The van der Waals surface area contributed by atoms with Crippen molar-refractivity contribution >= 4 is 17.7 Å². The summed E-state index contributed by atoms with van der Waals surface area (Å²) >= 11 is 0. The number of aliphatic hydroxyl groups excluding tert-OH is 5. The molecule has 3 fully saturated rings. The molecular formula is C55H88FN3O15. The fourth-order valence-corrected chi connectivity index (χ4v) is 10.8. The van der Waals surface area contributed by atoms with Gasteiger partial charge in [-0.1, -0.05) is 58.0 Å². The van der Waals surface area contributed by atoms with Crippen molar-refractivity contribution in [2.75, 3.05) is 34.5 Å². The topological polar surface area (TPSA) is 256 Å². The molecule has 0 aliphatic carbocycles. The number of cyclic esters (lactones) is 1. The standard InChI is InChI=1S/C30H54O10.C25H34FN3O5/c1-12-21-30(9,35)25(32)18(4)23(31)16(2)13-28(7,36-10)14-17(3)24(19(5)27(34)39-21)40-22-15-29(8,37-11)26(33)20(6)38-22;1-15-4-5-19(14-27-15)17-6-8-18(9-7-17)23(31)20(13-26)28-22(30)10-11-29(3)21-12-16(2)34-25(33)24(21)32/h16-22,24-26,32-33,35H,12-15H2,1-11H3;4-9,14,16,20-21,23-25,31-33H,10-13H2,1-3H3,(H,28,30)/t16-,17-,18+,19-,20+,21-,22+,24+,25-,26+,28-,29-,30-;16-,20-,21+,23-,24-,25-/m11/s1. The van der Waals surface area contributed by atoms with E-state index in [4.69, 9.17) is 28.4 Å². The minimum atomic E-state index is -1.87. The van der Waals surface area contributed by atoms with Crippen LogP contribution in [0.15, 0.2) is 42.6 Å². The summed E-state index contributed by atoms with van der Waals surface area (Å²) < 4.78 is 48.8. The van der Waals surface area contributed by atoms with E-state index in [1.165, 1.54) is 14.0 Å². The van der Waals surface area contributed by atoms with E-state index in [1.807, 2.05) is 45.0 Å². The molecule has 1 amide bonds. The van der Waals surface area contributed by atoms with E-state index in [2.05, 4.69) is 10.3 Å². The van der Waals surface area contributed by atoms with Gasteiger partial charge in [0.05, 0.1) is 47.6 Å². The van der Waals surface area contributed by atoms with E-state index in [0.29, 0.717) is 31.4 Å². The van der Waals surface area contributed by atoms with E-state index in [0.717, 1.165) is 16.8 Å². The Morgan fingerprint density at radius 1 is 0.905 bits per heavy atom. The second-order valence-electron chi connectivity index (χ2n) is 21.9. The number of hydrogen-bond acceptors (Lipinski definition) is 17. The van der Waals surface area contributed by atoms with Crippen molar-refractivity contribution in [2.45, 2.75) is 205 Å². The summed E-state index contributed by atoms with van der Waals surface area (Å²) in [6.07, 6.45) is -5.55. The molecule has 0 radical (unpaired) electrons. The molecule has 7 N–H and O–H groups in total. The first-order valence-electron chi connectivity index (χ1n) is 26.1. The minimum absolute atomic E-state index is 0.0492. The number of nitrogens with one attached hydrogen (secondary N) is 1. The number of halogens is 1. The van der Waals surface area contributed by atoms with Crippen LogP contribution in [0.5, 0.6) is 0 Å². The Labute approximate surface area is 437 Å². The lowest BCUT2D eigenvalue weighted by atomic mass is 9.75. The van der Waals surface area contributed by atoms with Crippen molar-refractivity contribution in [3.8, 4) is 11.1 Å². The Kier molecular flexibility index (Phi) is 23.1. The summed E-state index contributed by atoms with van der Waals surface area (Å²) in [5.74, 6) is -3.60. The predicted molar refractivity (Wildman–Crippen MR) is 274 cm³/mol. The van der Waals surface area contributed by atoms with Crippen LogP contribution in [0.3, 0.4) is 0 Å². The SMILES string of the molecule is CC[C@H]1OC(=O)[C@H](C)[C@@H](O[C@H]2C[C@@](C)(OC)[C@@H](O)[C@H](C)O2)[C@H](C)C[C@](C)(OC)C[C@@H](C)C(=O)[C@H](C)[C@@H](O)[C@]1(C)O.Cc1ccc(-c2ccc([C@@H](O)[C@@H](CF)NC(=O)CCN(C)[C@H]3C[C@@H](C)O[C@@H](O)[C@@H]3O)cc2)cn1. The maximum Gasteiger partial charge on any atom is 0.311 e. The molecule has 2 aromatic rings.